The Hall–Kier alpha value is -2.28. The highest BCUT2D eigenvalue weighted by molar-refractivity contribution is 6.07. The summed E-state index contributed by atoms with van der Waals surface area (Å²) in [5, 5.41) is 2.32. The molecule has 0 aliphatic heterocycles. The number of benzene rings is 2. The number of para-hydroxylation sites is 2. The molecule has 0 unspecified atom stereocenters. The fourth-order valence-electron chi connectivity index (χ4n) is 1.93. The largest absolute Gasteiger partial charge is 0.455 e. The smallest absolute Gasteiger partial charge is 0.142 e. The van der Waals surface area contributed by atoms with Gasteiger partial charge in [-0.1, -0.05) is 103 Å². The van der Waals surface area contributed by atoms with Crippen LogP contribution in [0.25, 0.3) is 28.0 Å². The molecule has 1 aromatic heterocycles. The predicted molar refractivity (Wildman–Crippen MR) is 118 cm³/mol. The Bertz CT molecular complexity index is 704. The van der Waals surface area contributed by atoms with Crippen LogP contribution in [0.15, 0.2) is 66.1 Å². The molecule has 3 aromatic rings. The summed E-state index contributed by atoms with van der Waals surface area (Å²) in [7, 11) is 0. The van der Waals surface area contributed by atoms with Crippen LogP contribution in [0.1, 0.15) is 60.5 Å². The fourth-order valence-corrected chi connectivity index (χ4v) is 1.93. The van der Waals surface area contributed by atoms with Crippen LogP contribution >= 0.6 is 0 Å². The lowest BCUT2D eigenvalue weighted by atomic mass is 10.1. The number of hydrogen-bond donors (Lipinski definition) is 0. The van der Waals surface area contributed by atoms with E-state index in [0.717, 1.165) is 27.5 Å². The van der Waals surface area contributed by atoms with Gasteiger partial charge in [-0.05, 0) is 13.0 Å². The zero-order valence-corrected chi connectivity index (χ0v) is 17.2. The van der Waals surface area contributed by atoms with E-state index in [9.17, 15) is 0 Å². The monoisotopic (exact) mass is 340 g/mol. The van der Waals surface area contributed by atoms with E-state index in [2.05, 4.69) is 39.1 Å². The number of furan rings is 1. The topological polar surface area (TPSA) is 13.1 Å². The van der Waals surface area contributed by atoms with E-state index in [1.165, 1.54) is 6.42 Å². The molecule has 0 N–H and O–H groups in total. The molecule has 25 heavy (non-hydrogen) atoms. The Kier molecular flexibility index (Phi) is 16.6. The van der Waals surface area contributed by atoms with Crippen molar-refractivity contribution in [2.45, 2.75) is 54.9 Å². The molecule has 0 aliphatic carbocycles. The maximum absolute atomic E-state index is 5.80. The average molecular weight is 341 g/mol. The molecule has 0 saturated carbocycles. The molecule has 0 saturated heterocycles. The fraction of sp³-hybridized carbons (Fsp3) is 0.333. The highest BCUT2D eigenvalue weighted by Gasteiger charge is 2.07. The van der Waals surface area contributed by atoms with Crippen molar-refractivity contribution in [3.05, 3.63) is 67.3 Å². The van der Waals surface area contributed by atoms with Crippen molar-refractivity contribution >= 4 is 28.0 Å². The molecule has 0 spiro atoms. The maximum Gasteiger partial charge on any atom is 0.142 e. The highest BCUT2D eigenvalue weighted by atomic mass is 16.3. The maximum atomic E-state index is 5.80. The van der Waals surface area contributed by atoms with Gasteiger partial charge in [0.2, 0.25) is 0 Å². The second-order valence-corrected chi connectivity index (χ2v) is 4.64. The van der Waals surface area contributed by atoms with Crippen molar-refractivity contribution in [1.82, 2.24) is 0 Å². The number of hydrogen-bond acceptors (Lipinski definition) is 1. The molecular weight excluding hydrogens is 304 g/mol. The molecule has 1 heteroatoms. The van der Waals surface area contributed by atoms with E-state index in [0.29, 0.717) is 0 Å². The standard InChI is InChI=1S/C14H10O.C3H8.C3H6.2C2H6/c1-2-10-6-5-8-12-11-7-3-4-9-13(11)15-14(10)12;2*1-3-2;2*1-2/h2-9H,1H2;3H2,1-2H3;3H,1H2,2H3;2*1-2H3. The van der Waals surface area contributed by atoms with E-state index in [-0.39, 0.29) is 0 Å². The van der Waals surface area contributed by atoms with Crippen LogP contribution in [0.3, 0.4) is 0 Å². The van der Waals surface area contributed by atoms with E-state index in [4.69, 9.17) is 4.42 Å². The Morgan fingerprint density at radius 3 is 1.84 bits per heavy atom. The van der Waals surface area contributed by atoms with E-state index in [1.807, 2.05) is 71.0 Å². The zero-order chi connectivity index (χ0) is 19.7. The van der Waals surface area contributed by atoms with Gasteiger partial charge in [0.15, 0.2) is 0 Å². The molecule has 2 aromatic carbocycles. The first-order chi connectivity index (χ1) is 12.2. The van der Waals surface area contributed by atoms with Gasteiger partial charge in [-0.3, -0.25) is 0 Å². The summed E-state index contributed by atoms with van der Waals surface area (Å²) < 4.78 is 5.80. The van der Waals surface area contributed by atoms with Gasteiger partial charge in [0.05, 0.1) is 0 Å². The van der Waals surface area contributed by atoms with E-state index >= 15 is 0 Å². The normalized spacial score (nSPS) is 8.28. The molecule has 0 atom stereocenters. The van der Waals surface area contributed by atoms with Gasteiger partial charge in [0, 0.05) is 16.3 Å². The SMILES string of the molecule is C=CC.C=Cc1cccc2c1oc1ccccc12.CC.CC.CCC. The van der Waals surface area contributed by atoms with Crippen LogP contribution in [0, 0.1) is 0 Å². The first-order valence-corrected chi connectivity index (χ1v) is 9.33. The predicted octanol–water partition coefficient (Wildman–Crippen LogP) is 8.89. The van der Waals surface area contributed by atoms with Crippen molar-refractivity contribution in [2.24, 2.45) is 0 Å². The third-order valence-electron chi connectivity index (χ3n) is 2.65. The van der Waals surface area contributed by atoms with Gasteiger partial charge < -0.3 is 4.42 Å². The molecule has 0 radical (unpaired) electrons. The summed E-state index contributed by atoms with van der Waals surface area (Å²) in [5.74, 6) is 0. The summed E-state index contributed by atoms with van der Waals surface area (Å²) in [6.45, 7) is 21.3. The first kappa shape index (κ1) is 25.0. The second-order valence-electron chi connectivity index (χ2n) is 4.64. The first-order valence-electron chi connectivity index (χ1n) is 9.33. The molecule has 1 nitrogen and oxygen atoms in total. The number of rotatable bonds is 1. The molecule has 1 heterocycles. The summed E-state index contributed by atoms with van der Waals surface area (Å²) in [5.41, 5.74) is 2.90. The Labute approximate surface area is 155 Å². The Balaban J connectivity index is 0. The molecule has 3 rings (SSSR count). The lowest BCUT2D eigenvalue weighted by Gasteiger charge is -1.92. The number of allylic oxidation sites excluding steroid dienone is 1. The molecular formula is C24H36O. The van der Waals surface area contributed by atoms with Crippen LogP contribution in [-0.4, -0.2) is 0 Å². The van der Waals surface area contributed by atoms with Crippen molar-refractivity contribution in [3.8, 4) is 0 Å². The van der Waals surface area contributed by atoms with E-state index < -0.39 is 0 Å². The van der Waals surface area contributed by atoms with E-state index in [1.54, 1.807) is 6.08 Å². The molecule has 0 bridgehead atoms. The Morgan fingerprint density at radius 2 is 1.32 bits per heavy atom. The van der Waals surface area contributed by atoms with Gasteiger partial charge in [0.25, 0.3) is 0 Å². The molecule has 0 fully saturated rings. The van der Waals surface area contributed by atoms with Crippen molar-refractivity contribution in [3.63, 3.8) is 0 Å². The van der Waals surface area contributed by atoms with Crippen molar-refractivity contribution < 1.29 is 4.42 Å². The molecule has 0 aliphatic rings. The third-order valence-corrected chi connectivity index (χ3v) is 2.65. The van der Waals surface area contributed by atoms with Gasteiger partial charge in [-0.25, -0.2) is 0 Å². The quantitative estimate of drug-likeness (QED) is 0.403. The van der Waals surface area contributed by atoms with Gasteiger partial charge in [0.1, 0.15) is 11.2 Å². The minimum atomic E-state index is 0.925. The summed E-state index contributed by atoms with van der Waals surface area (Å²) >= 11 is 0. The summed E-state index contributed by atoms with van der Waals surface area (Å²) in [6, 6.07) is 14.2. The average Bonchev–Trinajstić information content (AvgIpc) is 3.05. The molecule has 138 valence electrons. The minimum Gasteiger partial charge on any atom is -0.455 e. The summed E-state index contributed by atoms with van der Waals surface area (Å²) in [6.07, 6.45) is 4.82. The van der Waals surface area contributed by atoms with Crippen LogP contribution in [0.2, 0.25) is 0 Å². The highest BCUT2D eigenvalue weighted by Crippen LogP contribution is 2.30. The van der Waals surface area contributed by atoms with Gasteiger partial charge in [-0.15, -0.1) is 6.58 Å². The second kappa shape index (κ2) is 16.6. The Morgan fingerprint density at radius 1 is 0.840 bits per heavy atom. The minimum absolute atomic E-state index is 0.925. The van der Waals surface area contributed by atoms with Crippen LogP contribution in [0.5, 0.6) is 0 Å². The van der Waals surface area contributed by atoms with Crippen LogP contribution in [0.4, 0.5) is 0 Å². The lowest BCUT2D eigenvalue weighted by molar-refractivity contribution is 0.668. The van der Waals surface area contributed by atoms with Gasteiger partial charge >= 0.3 is 0 Å². The van der Waals surface area contributed by atoms with Crippen LogP contribution < -0.4 is 0 Å². The van der Waals surface area contributed by atoms with Crippen molar-refractivity contribution in [1.29, 1.82) is 0 Å². The third kappa shape index (κ3) is 7.89. The van der Waals surface area contributed by atoms with Crippen molar-refractivity contribution in [2.75, 3.05) is 0 Å². The zero-order valence-electron chi connectivity index (χ0n) is 17.2. The summed E-state index contributed by atoms with van der Waals surface area (Å²) in [4.78, 5) is 0. The van der Waals surface area contributed by atoms with Crippen LogP contribution in [-0.2, 0) is 0 Å². The molecule has 0 amide bonds. The lowest BCUT2D eigenvalue weighted by Crippen LogP contribution is -1.71. The number of fused-ring (bicyclic) bond motifs is 3. The van der Waals surface area contributed by atoms with Gasteiger partial charge in [-0.2, -0.15) is 0 Å².